The molecule has 5 nitrogen and oxygen atoms in total. The Morgan fingerprint density at radius 2 is 1.42 bits per heavy atom. The second-order valence-corrected chi connectivity index (χ2v) is 13.9. The Kier molecular flexibility index (Phi) is 10.3. The van der Waals surface area contributed by atoms with Crippen molar-refractivity contribution in [2.24, 2.45) is 22.2 Å². The lowest BCUT2D eigenvalue weighted by molar-refractivity contribution is -0.178. The highest BCUT2D eigenvalue weighted by Gasteiger charge is 2.74. The number of hydrogen-bond donors (Lipinski definition) is 2. The average molecular weight is 587 g/mol. The number of Topliss-reactive ketones (excluding diaryl/α,β-unsaturated/α-hetero) is 3. The van der Waals surface area contributed by atoms with Gasteiger partial charge in [0.25, 0.3) is 0 Å². The van der Waals surface area contributed by atoms with Crippen molar-refractivity contribution in [2.45, 2.75) is 101 Å². The van der Waals surface area contributed by atoms with Crippen LogP contribution in [0.4, 0.5) is 0 Å². The maximum atomic E-state index is 15.2. The average Bonchev–Trinajstić information content (AvgIpc) is 2.91. The summed E-state index contributed by atoms with van der Waals surface area (Å²) in [6, 6.07) is 5.92. The van der Waals surface area contributed by atoms with Crippen molar-refractivity contribution in [1.29, 1.82) is 0 Å². The van der Waals surface area contributed by atoms with Crippen LogP contribution in [0.3, 0.4) is 0 Å². The fraction of sp³-hybridized carbons (Fsp3) is 0.500. The molecular weight excluding hydrogens is 536 g/mol. The quantitative estimate of drug-likeness (QED) is 0.0937. The molecule has 43 heavy (non-hydrogen) atoms. The van der Waals surface area contributed by atoms with Crippen molar-refractivity contribution in [1.82, 2.24) is 0 Å². The SMILES string of the molecule is CC(C)=CCC[C@@]1(C)[C@H](CC=C(C)C)C[C@@]2(CC=C(C)C)C(=O)C(=C(O)c3cccc(O)c3)C(=O)[C@]1(CC=C(C)C)C2=O. The molecule has 2 fully saturated rings. The van der Waals surface area contributed by atoms with Gasteiger partial charge in [-0.2, -0.15) is 0 Å². The minimum atomic E-state index is -1.55. The van der Waals surface area contributed by atoms with Crippen LogP contribution in [-0.4, -0.2) is 27.6 Å². The van der Waals surface area contributed by atoms with Gasteiger partial charge in [-0.1, -0.05) is 65.7 Å². The highest BCUT2D eigenvalue weighted by atomic mass is 16.3. The fourth-order valence-electron chi connectivity index (χ4n) is 7.10. The number of allylic oxidation sites excluding steroid dienone is 9. The zero-order valence-electron chi connectivity index (χ0n) is 27.6. The number of fused-ring (bicyclic) bond motifs is 2. The van der Waals surface area contributed by atoms with Gasteiger partial charge in [-0.3, -0.25) is 14.4 Å². The first kappa shape index (κ1) is 34.0. The lowest BCUT2D eigenvalue weighted by Gasteiger charge is -2.61. The minimum Gasteiger partial charge on any atom is -0.508 e. The number of carbonyl (C=O) groups excluding carboxylic acids is 3. The Balaban J connectivity index is 2.50. The van der Waals surface area contributed by atoms with Gasteiger partial charge < -0.3 is 10.2 Å². The smallest absolute Gasteiger partial charge is 0.184 e. The molecular formula is C38H50O5. The van der Waals surface area contributed by atoms with Gasteiger partial charge in [0.05, 0.1) is 5.41 Å². The van der Waals surface area contributed by atoms with Crippen LogP contribution in [0, 0.1) is 22.2 Å². The van der Waals surface area contributed by atoms with E-state index in [0.29, 0.717) is 25.7 Å². The van der Waals surface area contributed by atoms with Crippen molar-refractivity contribution in [2.75, 3.05) is 0 Å². The monoisotopic (exact) mass is 586 g/mol. The van der Waals surface area contributed by atoms with Crippen LogP contribution in [-0.2, 0) is 14.4 Å². The van der Waals surface area contributed by atoms with Crippen LogP contribution in [0.15, 0.2) is 76.4 Å². The van der Waals surface area contributed by atoms with Crippen LogP contribution in [0.2, 0.25) is 0 Å². The summed E-state index contributed by atoms with van der Waals surface area (Å²) in [4.78, 5) is 44.9. The van der Waals surface area contributed by atoms with E-state index in [1.165, 1.54) is 12.1 Å². The summed E-state index contributed by atoms with van der Waals surface area (Å²) in [5.41, 5.74) is 0.267. The first-order valence-corrected chi connectivity index (χ1v) is 15.4. The van der Waals surface area contributed by atoms with Crippen molar-refractivity contribution in [3.8, 4) is 5.75 Å². The Bertz CT molecular complexity index is 1430. The van der Waals surface area contributed by atoms with Gasteiger partial charge in [0.2, 0.25) is 0 Å². The topological polar surface area (TPSA) is 91.7 Å². The van der Waals surface area contributed by atoms with Crippen LogP contribution < -0.4 is 0 Å². The molecule has 1 aromatic carbocycles. The van der Waals surface area contributed by atoms with E-state index in [1.807, 2.05) is 67.5 Å². The number of aliphatic hydroxyl groups excluding tert-OH is 1. The van der Waals surface area contributed by atoms with E-state index in [1.54, 1.807) is 12.1 Å². The number of carbonyl (C=O) groups is 3. The molecule has 5 heteroatoms. The van der Waals surface area contributed by atoms with Crippen molar-refractivity contribution in [3.63, 3.8) is 0 Å². The molecule has 2 saturated carbocycles. The molecule has 0 saturated heterocycles. The first-order chi connectivity index (χ1) is 20.0. The molecule has 1 aromatic rings. The molecule has 2 N–H and O–H groups in total. The maximum absolute atomic E-state index is 15.2. The fourth-order valence-corrected chi connectivity index (χ4v) is 7.10. The molecule has 0 spiro atoms. The molecule has 0 amide bonds. The third-order valence-corrected chi connectivity index (χ3v) is 9.63. The molecule has 0 heterocycles. The van der Waals surface area contributed by atoms with E-state index in [9.17, 15) is 15.0 Å². The van der Waals surface area contributed by atoms with Crippen LogP contribution >= 0.6 is 0 Å². The van der Waals surface area contributed by atoms with Gasteiger partial charge in [-0.15, -0.1) is 0 Å². The number of aliphatic hydroxyl groups is 1. The van der Waals surface area contributed by atoms with E-state index in [0.717, 1.165) is 22.3 Å². The van der Waals surface area contributed by atoms with Crippen LogP contribution in [0.5, 0.6) is 5.75 Å². The van der Waals surface area contributed by atoms with Gasteiger partial charge in [-0.25, -0.2) is 0 Å². The largest absolute Gasteiger partial charge is 0.508 e. The highest BCUT2D eigenvalue weighted by molar-refractivity contribution is 6.41. The number of rotatable bonds is 10. The second-order valence-electron chi connectivity index (χ2n) is 13.9. The van der Waals surface area contributed by atoms with E-state index in [-0.39, 0.29) is 41.4 Å². The van der Waals surface area contributed by atoms with Gasteiger partial charge in [-0.05, 0) is 117 Å². The Morgan fingerprint density at radius 1 is 0.837 bits per heavy atom. The Hall–Kier alpha value is -3.47. The minimum absolute atomic E-state index is 0.0940. The molecule has 2 aliphatic rings. The third kappa shape index (κ3) is 6.27. The standard InChI is InChI=1S/C38H50O5/c1-24(2)12-11-19-36(9)29(16-15-25(3)4)23-37(20-17-26(5)6)33(41)31(32(40)28-13-10-14-30(39)22-28)34(42)38(36,35(37)43)21-18-27(7)8/h10,12-15,17-18,22,29,39-40H,11,16,19-21,23H2,1-9H3/t29-,36+,37+,38-/m1/s1. The molecule has 0 radical (unpaired) electrons. The summed E-state index contributed by atoms with van der Waals surface area (Å²) in [5, 5.41) is 21.8. The molecule has 4 atom stereocenters. The molecule has 232 valence electrons. The molecule has 0 aliphatic heterocycles. The van der Waals surface area contributed by atoms with Crippen molar-refractivity contribution < 1.29 is 24.6 Å². The summed E-state index contributed by atoms with van der Waals surface area (Å²) in [5.74, 6) is -2.22. The maximum Gasteiger partial charge on any atom is 0.184 e. The normalized spacial score (nSPS) is 27.7. The van der Waals surface area contributed by atoms with Crippen LogP contribution in [0.1, 0.15) is 106 Å². The Morgan fingerprint density at radius 3 is 1.98 bits per heavy atom. The van der Waals surface area contributed by atoms with Crippen LogP contribution in [0.25, 0.3) is 5.76 Å². The second kappa shape index (κ2) is 13.0. The zero-order chi connectivity index (χ0) is 32.3. The van der Waals surface area contributed by atoms with Crippen molar-refractivity contribution in [3.05, 3.63) is 82.0 Å². The third-order valence-electron chi connectivity index (χ3n) is 9.63. The number of hydrogen-bond acceptors (Lipinski definition) is 5. The number of aromatic hydroxyl groups is 1. The number of benzene rings is 1. The lowest BCUT2D eigenvalue weighted by Crippen LogP contribution is -2.70. The summed E-state index contributed by atoms with van der Waals surface area (Å²) in [7, 11) is 0. The molecule has 2 bridgehead atoms. The number of phenolic OH excluding ortho intramolecular Hbond substituents is 1. The van der Waals surface area contributed by atoms with Crippen molar-refractivity contribution >= 4 is 23.1 Å². The summed E-state index contributed by atoms with van der Waals surface area (Å²) in [6.07, 6.45) is 10.7. The van der Waals surface area contributed by atoms with E-state index >= 15 is 9.59 Å². The highest BCUT2D eigenvalue weighted by Crippen LogP contribution is 2.67. The lowest BCUT2D eigenvalue weighted by atomic mass is 9.37. The number of phenols is 1. The van der Waals surface area contributed by atoms with E-state index in [2.05, 4.69) is 19.1 Å². The number of ketones is 3. The van der Waals surface area contributed by atoms with E-state index < -0.39 is 33.6 Å². The molecule has 2 aliphatic carbocycles. The first-order valence-electron chi connectivity index (χ1n) is 15.4. The van der Waals surface area contributed by atoms with Gasteiger partial charge >= 0.3 is 0 Å². The molecule has 0 aromatic heterocycles. The van der Waals surface area contributed by atoms with Gasteiger partial charge in [0, 0.05) is 5.56 Å². The summed E-state index contributed by atoms with van der Waals surface area (Å²) >= 11 is 0. The molecule has 3 rings (SSSR count). The predicted octanol–water partition coefficient (Wildman–Crippen LogP) is 9.20. The molecule has 0 unspecified atom stereocenters. The zero-order valence-corrected chi connectivity index (χ0v) is 27.6. The summed E-state index contributed by atoms with van der Waals surface area (Å²) in [6.45, 7) is 18.0. The Labute approximate surface area is 258 Å². The predicted molar refractivity (Wildman–Crippen MR) is 175 cm³/mol. The van der Waals surface area contributed by atoms with Gasteiger partial charge in [0.1, 0.15) is 22.5 Å². The van der Waals surface area contributed by atoms with Gasteiger partial charge in [0.15, 0.2) is 17.3 Å². The van der Waals surface area contributed by atoms with E-state index in [4.69, 9.17) is 0 Å². The summed E-state index contributed by atoms with van der Waals surface area (Å²) < 4.78 is 0.